The van der Waals surface area contributed by atoms with E-state index in [0.717, 1.165) is 12.2 Å². The highest BCUT2D eigenvalue weighted by Gasteiger charge is 2.09. The van der Waals surface area contributed by atoms with Gasteiger partial charge in [-0.15, -0.1) is 11.8 Å². The zero-order valence-electron chi connectivity index (χ0n) is 11.9. The Kier molecular flexibility index (Phi) is 5.69. The molecule has 2 aromatic rings. The van der Waals surface area contributed by atoms with Crippen molar-refractivity contribution in [1.82, 2.24) is 0 Å². The van der Waals surface area contributed by atoms with Crippen LogP contribution in [0, 0.1) is 6.92 Å². The summed E-state index contributed by atoms with van der Waals surface area (Å²) in [4.78, 5) is 12.3. The standard InChI is InChI=1S/C17H18O3S/c1-13-6-4-7-14(12-13)21-11-5-10-20-16-9-3-2-8-15(16)17(18)19/h2-4,6-9,12H,5,10-11H2,1H3,(H,18,19). The van der Waals surface area contributed by atoms with E-state index in [-0.39, 0.29) is 5.56 Å². The summed E-state index contributed by atoms with van der Waals surface area (Å²) in [6.07, 6.45) is 0.868. The number of rotatable bonds is 7. The molecule has 21 heavy (non-hydrogen) atoms. The van der Waals surface area contributed by atoms with E-state index in [1.807, 2.05) is 0 Å². The Labute approximate surface area is 129 Å². The van der Waals surface area contributed by atoms with Crippen molar-refractivity contribution < 1.29 is 14.6 Å². The Balaban J connectivity index is 1.76. The van der Waals surface area contributed by atoms with Gasteiger partial charge in [0.05, 0.1) is 6.61 Å². The molecule has 0 radical (unpaired) electrons. The van der Waals surface area contributed by atoms with E-state index in [4.69, 9.17) is 9.84 Å². The molecular weight excluding hydrogens is 284 g/mol. The molecule has 2 rings (SSSR count). The van der Waals surface area contributed by atoms with Crippen molar-refractivity contribution in [2.45, 2.75) is 18.2 Å². The second-order valence-corrected chi connectivity index (χ2v) is 5.84. The molecule has 0 amide bonds. The molecule has 0 fully saturated rings. The fourth-order valence-electron chi connectivity index (χ4n) is 1.91. The molecule has 2 aromatic carbocycles. The monoisotopic (exact) mass is 302 g/mol. The lowest BCUT2D eigenvalue weighted by Crippen LogP contribution is -2.04. The number of hydrogen-bond donors (Lipinski definition) is 1. The van der Waals surface area contributed by atoms with Crippen LogP contribution in [-0.2, 0) is 0 Å². The van der Waals surface area contributed by atoms with Crippen LogP contribution in [0.4, 0.5) is 0 Å². The van der Waals surface area contributed by atoms with Crippen LogP contribution in [0.2, 0.25) is 0 Å². The summed E-state index contributed by atoms with van der Waals surface area (Å²) in [6, 6.07) is 15.1. The Hall–Kier alpha value is -1.94. The molecule has 3 nitrogen and oxygen atoms in total. The van der Waals surface area contributed by atoms with Crippen LogP contribution in [0.3, 0.4) is 0 Å². The van der Waals surface area contributed by atoms with Crippen LogP contribution in [0.1, 0.15) is 22.3 Å². The summed E-state index contributed by atoms with van der Waals surface area (Å²) in [5.74, 6) is 0.420. The molecule has 0 saturated heterocycles. The lowest BCUT2D eigenvalue weighted by Gasteiger charge is -2.08. The minimum Gasteiger partial charge on any atom is -0.493 e. The smallest absolute Gasteiger partial charge is 0.339 e. The molecule has 0 atom stereocenters. The highest BCUT2D eigenvalue weighted by molar-refractivity contribution is 7.99. The van der Waals surface area contributed by atoms with E-state index >= 15 is 0 Å². The summed E-state index contributed by atoms with van der Waals surface area (Å²) < 4.78 is 5.57. The summed E-state index contributed by atoms with van der Waals surface area (Å²) in [6.45, 7) is 2.60. The maximum absolute atomic E-state index is 11.0. The Morgan fingerprint density at radius 3 is 2.76 bits per heavy atom. The number of aromatic carboxylic acids is 1. The zero-order valence-corrected chi connectivity index (χ0v) is 12.7. The molecule has 0 heterocycles. The molecule has 110 valence electrons. The van der Waals surface area contributed by atoms with E-state index in [0.29, 0.717) is 12.4 Å². The number of thioether (sulfide) groups is 1. The maximum atomic E-state index is 11.0. The first kappa shape index (κ1) is 15.4. The molecule has 0 spiro atoms. The Bertz CT molecular complexity index is 610. The first-order chi connectivity index (χ1) is 10.2. The van der Waals surface area contributed by atoms with Gasteiger partial charge in [-0.1, -0.05) is 29.8 Å². The average Bonchev–Trinajstić information content (AvgIpc) is 2.47. The van der Waals surface area contributed by atoms with E-state index < -0.39 is 5.97 Å². The number of ether oxygens (including phenoxy) is 1. The molecule has 0 aliphatic carbocycles. The van der Waals surface area contributed by atoms with Gasteiger partial charge < -0.3 is 9.84 Å². The van der Waals surface area contributed by atoms with Crippen molar-refractivity contribution in [2.24, 2.45) is 0 Å². The summed E-state index contributed by atoms with van der Waals surface area (Å²) in [7, 11) is 0. The van der Waals surface area contributed by atoms with Crippen LogP contribution >= 0.6 is 11.8 Å². The third-order valence-electron chi connectivity index (χ3n) is 2.92. The fourth-order valence-corrected chi connectivity index (χ4v) is 2.85. The molecule has 0 unspecified atom stereocenters. The SMILES string of the molecule is Cc1cccc(SCCCOc2ccccc2C(=O)O)c1. The van der Waals surface area contributed by atoms with E-state index in [9.17, 15) is 4.79 Å². The molecule has 0 saturated carbocycles. The lowest BCUT2D eigenvalue weighted by atomic mass is 10.2. The molecule has 0 aliphatic rings. The third-order valence-corrected chi connectivity index (χ3v) is 4.00. The van der Waals surface area contributed by atoms with Crippen LogP contribution < -0.4 is 4.74 Å². The number of carbonyl (C=O) groups is 1. The maximum Gasteiger partial charge on any atom is 0.339 e. The van der Waals surface area contributed by atoms with Gasteiger partial charge in [0.1, 0.15) is 11.3 Å². The first-order valence-electron chi connectivity index (χ1n) is 6.81. The van der Waals surface area contributed by atoms with Gasteiger partial charge in [-0.05, 0) is 37.6 Å². The quantitative estimate of drug-likeness (QED) is 0.613. The van der Waals surface area contributed by atoms with Gasteiger partial charge in [0.2, 0.25) is 0 Å². The van der Waals surface area contributed by atoms with Gasteiger partial charge >= 0.3 is 5.97 Å². The van der Waals surface area contributed by atoms with Crippen molar-refractivity contribution in [3.63, 3.8) is 0 Å². The van der Waals surface area contributed by atoms with Gasteiger partial charge in [0.25, 0.3) is 0 Å². The molecule has 0 bridgehead atoms. The fraction of sp³-hybridized carbons (Fsp3) is 0.235. The predicted molar refractivity (Wildman–Crippen MR) is 85.4 cm³/mol. The largest absolute Gasteiger partial charge is 0.493 e. The number of hydrogen-bond acceptors (Lipinski definition) is 3. The van der Waals surface area contributed by atoms with E-state index in [2.05, 4.69) is 31.2 Å². The lowest BCUT2D eigenvalue weighted by molar-refractivity contribution is 0.0692. The number of carboxylic acid groups (broad SMARTS) is 1. The number of benzene rings is 2. The highest BCUT2D eigenvalue weighted by Crippen LogP contribution is 2.21. The van der Waals surface area contributed by atoms with Gasteiger partial charge in [-0.25, -0.2) is 4.79 Å². The first-order valence-corrected chi connectivity index (χ1v) is 7.80. The van der Waals surface area contributed by atoms with Crippen molar-refractivity contribution in [2.75, 3.05) is 12.4 Å². The van der Waals surface area contributed by atoms with Crippen LogP contribution in [0.25, 0.3) is 0 Å². The molecule has 1 N–H and O–H groups in total. The normalized spacial score (nSPS) is 10.3. The van der Waals surface area contributed by atoms with Crippen molar-refractivity contribution >= 4 is 17.7 Å². The van der Waals surface area contributed by atoms with Crippen LogP contribution in [0.15, 0.2) is 53.4 Å². The molecule has 0 aromatic heterocycles. The van der Waals surface area contributed by atoms with Crippen LogP contribution in [-0.4, -0.2) is 23.4 Å². The topological polar surface area (TPSA) is 46.5 Å². The third kappa shape index (κ3) is 4.83. The van der Waals surface area contributed by atoms with Crippen molar-refractivity contribution in [3.05, 3.63) is 59.7 Å². The number of para-hydroxylation sites is 1. The second-order valence-electron chi connectivity index (χ2n) is 4.67. The van der Waals surface area contributed by atoms with Gasteiger partial charge in [-0.3, -0.25) is 0 Å². The summed E-state index contributed by atoms with van der Waals surface area (Å²) in [5.41, 5.74) is 1.47. The molecule has 4 heteroatoms. The van der Waals surface area contributed by atoms with E-state index in [1.54, 1.807) is 36.0 Å². The Morgan fingerprint density at radius 2 is 2.00 bits per heavy atom. The van der Waals surface area contributed by atoms with Crippen molar-refractivity contribution in [3.8, 4) is 5.75 Å². The highest BCUT2D eigenvalue weighted by atomic mass is 32.2. The Morgan fingerprint density at radius 1 is 1.19 bits per heavy atom. The number of carboxylic acids is 1. The van der Waals surface area contributed by atoms with Gasteiger partial charge in [0.15, 0.2) is 0 Å². The van der Waals surface area contributed by atoms with Gasteiger partial charge in [0, 0.05) is 10.6 Å². The minimum atomic E-state index is -0.959. The van der Waals surface area contributed by atoms with Crippen molar-refractivity contribution in [1.29, 1.82) is 0 Å². The predicted octanol–water partition coefficient (Wildman–Crippen LogP) is 4.25. The summed E-state index contributed by atoms with van der Waals surface area (Å²) in [5, 5.41) is 9.06. The van der Waals surface area contributed by atoms with Crippen LogP contribution in [0.5, 0.6) is 5.75 Å². The zero-order chi connectivity index (χ0) is 15.1. The van der Waals surface area contributed by atoms with Gasteiger partial charge in [-0.2, -0.15) is 0 Å². The number of aryl methyl sites for hydroxylation is 1. The van der Waals surface area contributed by atoms with E-state index in [1.165, 1.54) is 10.5 Å². The molecular formula is C17H18O3S. The minimum absolute atomic E-state index is 0.212. The average molecular weight is 302 g/mol. The second kappa shape index (κ2) is 7.74. The molecule has 0 aliphatic heterocycles. The summed E-state index contributed by atoms with van der Waals surface area (Å²) >= 11 is 1.78.